The zero-order chi connectivity index (χ0) is 12.6. The van der Waals surface area contributed by atoms with Gasteiger partial charge < -0.3 is 4.90 Å². The average molecular weight is 225 g/mol. The first-order valence-corrected chi connectivity index (χ1v) is 5.52. The zero-order valence-electron chi connectivity index (χ0n) is 10.6. The molecule has 1 heterocycles. The van der Waals surface area contributed by atoms with Crippen LogP contribution in [0.25, 0.3) is 10.9 Å². The Balaban J connectivity index is 2.84. The highest BCUT2D eigenvalue weighted by atomic mass is 15.1. The number of nitrogens with zero attached hydrogens (tertiary/aromatic N) is 3. The van der Waals surface area contributed by atoms with Gasteiger partial charge in [0.05, 0.1) is 11.1 Å². The summed E-state index contributed by atoms with van der Waals surface area (Å²) in [6.07, 6.45) is 0. The molecule has 86 valence electrons. The highest BCUT2D eigenvalue weighted by molar-refractivity contribution is 5.86. The second kappa shape index (κ2) is 4.06. The van der Waals surface area contributed by atoms with Crippen LogP contribution in [-0.2, 0) is 0 Å². The maximum absolute atomic E-state index is 9.15. The molecule has 0 N–H and O–H groups in total. The van der Waals surface area contributed by atoms with Gasteiger partial charge in [0.2, 0.25) is 0 Å². The minimum absolute atomic E-state index is 0.618. The van der Waals surface area contributed by atoms with E-state index < -0.39 is 0 Å². The molecule has 0 saturated carbocycles. The summed E-state index contributed by atoms with van der Waals surface area (Å²) in [6, 6.07) is 8.30. The molecule has 3 heteroatoms. The molecule has 0 amide bonds. The van der Waals surface area contributed by atoms with Gasteiger partial charge in [0, 0.05) is 19.5 Å². The fraction of sp³-hybridized carbons (Fsp3) is 0.286. The van der Waals surface area contributed by atoms with E-state index in [0.717, 1.165) is 22.3 Å². The number of benzene rings is 1. The van der Waals surface area contributed by atoms with Crippen LogP contribution >= 0.6 is 0 Å². The molecular weight excluding hydrogens is 210 g/mol. The number of aromatic nitrogens is 1. The van der Waals surface area contributed by atoms with E-state index in [1.807, 2.05) is 32.0 Å². The second-order valence-electron chi connectivity index (χ2n) is 4.52. The van der Waals surface area contributed by atoms with Crippen molar-refractivity contribution in [1.29, 1.82) is 5.26 Å². The Hall–Kier alpha value is -2.08. The predicted octanol–water partition coefficient (Wildman–Crippen LogP) is 2.79. The Bertz CT molecular complexity index is 621. The summed E-state index contributed by atoms with van der Waals surface area (Å²) < 4.78 is 0. The number of pyridine rings is 1. The van der Waals surface area contributed by atoms with Crippen molar-refractivity contribution in [3.63, 3.8) is 0 Å². The summed E-state index contributed by atoms with van der Waals surface area (Å²) >= 11 is 0. The first-order chi connectivity index (χ1) is 8.02. The Morgan fingerprint density at radius 2 is 1.88 bits per heavy atom. The van der Waals surface area contributed by atoms with Gasteiger partial charge in [0.25, 0.3) is 0 Å². The number of rotatable bonds is 1. The monoisotopic (exact) mass is 225 g/mol. The van der Waals surface area contributed by atoms with Gasteiger partial charge in [-0.25, -0.2) is 4.98 Å². The third-order valence-corrected chi connectivity index (χ3v) is 2.78. The summed E-state index contributed by atoms with van der Waals surface area (Å²) in [7, 11) is 3.80. The lowest BCUT2D eigenvalue weighted by Crippen LogP contribution is -2.12. The van der Waals surface area contributed by atoms with Gasteiger partial charge in [-0.2, -0.15) is 5.26 Å². The molecule has 1 aromatic carbocycles. The van der Waals surface area contributed by atoms with Crippen molar-refractivity contribution in [2.24, 2.45) is 0 Å². The van der Waals surface area contributed by atoms with E-state index in [2.05, 4.69) is 30.1 Å². The quantitative estimate of drug-likeness (QED) is 0.749. The topological polar surface area (TPSA) is 39.9 Å². The Morgan fingerprint density at radius 3 is 2.47 bits per heavy atom. The minimum atomic E-state index is 0.618. The van der Waals surface area contributed by atoms with Crippen molar-refractivity contribution in [3.8, 4) is 6.07 Å². The van der Waals surface area contributed by atoms with Crippen molar-refractivity contribution in [3.05, 3.63) is 34.9 Å². The molecule has 1 aromatic heterocycles. The van der Waals surface area contributed by atoms with E-state index in [-0.39, 0.29) is 0 Å². The molecule has 2 aromatic rings. The van der Waals surface area contributed by atoms with Gasteiger partial charge in [-0.05, 0) is 31.5 Å². The third-order valence-electron chi connectivity index (χ3n) is 2.78. The number of nitriles is 1. The van der Waals surface area contributed by atoms with Crippen LogP contribution in [0.1, 0.15) is 16.7 Å². The van der Waals surface area contributed by atoms with Gasteiger partial charge in [-0.3, -0.25) is 0 Å². The average Bonchev–Trinajstić information content (AvgIpc) is 2.26. The lowest BCUT2D eigenvalue weighted by Gasteiger charge is -2.14. The van der Waals surface area contributed by atoms with Crippen molar-refractivity contribution in [2.75, 3.05) is 19.0 Å². The van der Waals surface area contributed by atoms with E-state index in [0.29, 0.717) is 5.56 Å². The van der Waals surface area contributed by atoms with Crippen molar-refractivity contribution < 1.29 is 0 Å². The fourth-order valence-electron chi connectivity index (χ4n) is 2.06. The normalized spacial score (nSPS) is 10.3. The van der Waals surface area contributed by atoms with Crippen LogP contribution in [-0.4, -0.2) is 19.1 Å². The molecular formula is C14H15N3. The molecule has 0 fully saturated rings. The summed E-state index contributed by atoms with van der Waals surface area (Å²) in [5.74, 6) is 0.729. The highest BCUT2D eigenvalue weighted by Gasteiger charge is 2.10. The SMILES string of the molecule is Cc1cc(C)c2nc(N(C)C)c(C#N)cc2c1. The third kappa shape index (κ3) is 1.94. The molecule has 3 nitrogen and oxygen atoms in total. The van der Waals surface area contributed by atoms with Crippen LogP contribution in [0.3, 0.4) is 0 Å². The predicted molar refractivity (Wildman–Crippen MR) is 70.3 cm³/mol. The Labute approximate surface area is 101 Å². The van der Waals surface area contributed by atoms with E-state index >= 15 is 0 Å². The lowest BCUT2D eigenvalue weighted by atomic mass is 10.1. The second-order valence-corrected chi connectivity index (χ2v) is 4.52. The Morgan fingerprint density at radius 1 is 1.18 bits per heavy atom. The van der Waals surface area contributed by atoms with Crippen LogP contribution in [0.4, 0.5) is 5.82 Å². The number of anilines is 1. The summed E-state index contributed by atoms with van der Waals surface area (Å²) in [6.45, 7) is 4.10. The number of hydrogen-bond acceptors (Lipinski definition) is 3. The summed E-state index contributed by atoms with van der Waals surface area (Å²) in [5, 5.41) is 10.2. The lowest BCUT2D eigenvalue weighted by molar-refractivity contribution is 1.07. The largest absolute Gasteiger partial charge is 0.362 e. The van der Waals surface area contributed by atoms with Crippen molar-refractivity contribution >= 4 is 16.7 Å². The zero-order valence-corrected chi connectivity index (χ0v) is 10.6. The van der Waals surface area contributed by atoms with E-state index in [9.17, 15) is 0 Å². The van der Waals surface area contributed by atoms with Crippen LogP contribution in [0.5, 0.6) is 0 Å². The van der Waals surface area contributed by atoms with Crippen LogP contribution < -0.4 is 4.90 Å². The van der Waals surface area contributed by atoms with E-state index in [1.54, 1.807) is 0 Å². The molecule has 0 unspecified atom stereocenters. The minimum Gasteiger partial charge on any atom is -0.362 e. The maximum Gasteiger partial charge on any atom is 0.146 e. The molecule has 0 radical (unpaired) electrons. The van der Waals surface area contributed by atoms with Gasteiger partial charge in [-0.15, -0.1) is 0 Å². The maximum atomic E-state index is 9.15. The molecule has 0 atom stereocenters. The molecule has 0 spiro atoms. The molecule has 0 aliphatic rings. The summed E-state index contributed by atoms with van der Waals surface area (Å²) in [5.41, 5.74) is 3.93. The Kier molecular flexibility index (Phi) is 2.72. The molecule has 0 saturated heterocycles. The smallest absolute Gasteiger partial charge is 0.146 e. The first-order valence-electron chi connectivity index (χ1n) is 5.52. The first kappa shape index (κ1) is 11.4. The van der Waals surface area contributed by atoms with Crippen LogP contribution in [0.2, 0.25) is 0 Å². The van der Waals surface area contributed by atoms with Gasteiger partial charge >= 0.3 is 0 Å². The van der Waals surface area contributed by atoms with Crippen LogP contribution in [0.15, 0.2) is 18.2 Å². The van der Waals surface area contributed by atoms with Gasteiger partial charge in [0.15, 0.2) is 0 Å². The standard InChI is InChI=1S/C14H15N3/c1-9-5-10(2)13-11(6-9)7-12(8-15)14(16-13)17(3)4/h5-7H,1-4H3. The van der Waals surface area contributed by atoms with Gasteiger partial charge in [-0.1, -0.05) is 11.6 Å². The molecule has 0 aliphatic heterocycles. The van der Waals surface area contributed by atoms with Crippen LogP contribution in [0, 0.1) is 25.2 Å². The van der Waals surface area contributed by atoms with E-state index in [4.69, 9.17) is 5.26 Å². The van der Waals surface area contributed by atoms with Gasteiger partial charge in [0.1, 0.15) is 11.9 Å². The number of hydrogen-bond donors (Lipinski definition) is 0. The van der Waals surface area contributed by atoms with Crippen molar-refractivity contribution in [1.82, 2.24) is 4.98 Å². The summed E-state index contributed by atoms with van der Waals surface area (Å²) in [4.78, 5) is 6.46. The highest BCUT2D eigenvalue weighted by Crippen LogP contribution is 2.25. The molecule has 2 rings (SSSR count). The molecule has 0 aliphatic carbocycles. The molecule has 17 heavy (non-hydrogen) atoms. The van der Waals surface area contributed by atoms with Crippen molar-refractivity contribution in [2.45, 2.75) is 13.8 Å². The number of fused-ring (bicyclic) bond motifs is 1. The number of aryl methyl sites for hydroxylation is 2. The molecule has 0 bridgehead atoms. The van der Waals surface area contributed by atoms with E-state index in [1.165, 1.54) is 5.56 Å². The fourth-order valence-corrected chi connectivity index (χ4v) is 2.06.